The Morgan fingerprint density at radius 3 is 3.08 bits per heavy atom. The second-order valence-electron chi connectivity index (χ2n) is 6.35. The minimum absolute atomic E-state index is 0.224. The van der Waals surface area contributed by atoms with E-state index in [1.807, 2.05) is 12.4 Å². The Hall–Kier alpha value is -2.24. The van der Waals surface area contributed by atoms with Crippen molar-refractivity contribution < 1.29 is 5.11 Å². The third kappa shape index (κ3) is 2.81. The molecule has 1 aliphatic carbocycles. The first-order valence-corrected chi connectivity index (χ1v) is 8.55. The molecule has 5 nitrogen and oxygen atoms in total. The normalized spacial score (nSPS) is 16.8. The van der Waals surface area contributed by atoms with E-state index in [2.05, 4.69) is 43.5 Å². The van der Waals surface area contributed by atoms with Gasteiger partial charge in [-0.2, -0.15) is 0 Å². The summed E-state index contributed by atoms with van der Waals surface area (Å²) >= 11 is 0. The molecule has 5 heteroatoms. The van der Waals surface area contributed by atoms with Crippen molar-refractivity contribution in [2.45, 2.75) is 31.8 Å². The molecule has 24 heavy (non-hydrogen) atoms. The van der Waals surface area contributed by atoms with Gasteiger partial charge < -0.3 is 5.11 Å². The highest BCUT2D eigenvalue weighted by Crippen LogP contribution is 2.36. The minimum Gasteiger partial charge on any atom is -0.396 e. The number of hydrogen-bond donors (Lipinski definition) is 1. The van der Waals surface area contributed by atoms with E-state index >= 15 is 0 Å². The first kappa shape index (κ1) is 15.3. The molecule has 1 aliphatic rings. The number of fused-ring (bicyclic) bond motifs is 2. The Balaban J connectivity index is 1.63. The Morgan fingerprint density at radius 2 is 2.17 bits per heavy atom. The number of aliphatic hydroxyl groups excluding tert-OH is 1. The molecule has 0 bridgehead atoms. The Morgan fingerprint density at radius 1 is 1.25 bits per heavy atom. The molecule has 4 rings (SSSR count). The van der Waals surface area contributed by atoms with Crippen LogP contribution in [0.4, 0.5) is 0 Å². The molecule has 3 aromatic rings. The second kappa shape index (κ2) is 6.71. The Labute approximate surface area is 141 Å². The highest BCUT2D eigenvalue weighted by molar-refractivity contribution is 5.37. The van der Waals surface area contributed by atoms with Crippen molar-refractivity contribution in [3.05, 3.63) is 65.9 Å². The van der Waals surface area contributed by atoms with E-state index in [9.17, 15) is 5.11 Å². The van der Waals surface area contributed by atoms with Gasteiger partial charge in [0.05, 0.1) is 18.1 Å². The number of imidazole rings is 1. The molecule has 0 spiro atoms. The lowest BCUT2D eigenvalue weighted by molar-refractivity contribution is 0.163. The topological polar surface area (TPSA) is 53.7 Å². The van der Waals surface area contributed by atoms with Crippen LogP contribution in [0.5, 0.6) is 0 Å². The molecule has 0 aliphatic heterocycles. The van der Waals surface area contributed by atoms with Gasteiger partial charge in [-0.15, -0.1) is 0 Å². The van der Waals surface area contributed by atoms with Crippen molar-refractivity contribution in [3.63, 3.8) is 0 Å². The van der Waals surface area contributed by atoms with Crippen LogP contribution in [0.3, 0.4) is 0 Å². The molecule has 0 radical (unpaired) electrons. The number of aryl methyl sites for hydroxylation is 1. The number of aromatic nitrogens is 3. The zero-order chi connectivity index (χ0) is 16.4. The molecule has 0 saturated heterocycles. The van der Waals surface area contributed by atoms with E-state index < -0.39 is 0 Å². The number of hydrogen-bond acceptors (Lipinski definition) is 4. The van der Waals surface area contributed by atoms with E-state index in [0.29, 0.717) is 6.04 Å². The van der Waals surface area contributed by atoms with Gasteiger partial charge in [-0.25, -0.2) is 4.98 Å². The van der Waals surface area contributed by atoms with Crippen LogP contribution in [0.15, 0.2) is 49.1 Å². The summed E-state index contributed by atoms with van der Waals surface area (Å²) in [6, 6.07) is 9.15. The summed E-state index contributed by atoms with van der Waals surface area (Å²) in [5.41, 5.74) is 4.93. The lowest BCUT2D eigenvalue weighted by Gasteiger charge is -2.29. The van der Waals surface area contributed by atoms with Gasteiger partial charge in [-0.3, -0.25) is 14.3 Å². The molecular weight excluding hydrogens is 300 g/mol. The van der Waals surface area contributed by atoms with Crippen LogP contribution in [0.25, 0.3) is 5.65 Å². The van der Waals surface area contributed by atoms with Gasteiger partial charge in [0, 0.05) is 38.1 Å². The molecule has 1 atom stereocenters. The first-order chi connectivity index (χ1) is 11.9. The summed E-state index contributed by atoms with van der Waals surface area (Å²) in [5, 5.41) is 9.30. The third-order valence-corrected chi connectivity index (χ3v) is 4.90. The van der Waals surface area contributed by atoms with E-state index in [4.69, 9.17) is 0 Å². The third-order valence-electron chi connectivity index (χ3n) is 4.90. The maximum absolute atomic E-state index is 9.30. The molecule has 1 N–H and O–H groups in total. The van der Waals surface area contributed by atoms with Gasteiger partial charge in [0.15, 0.2) is 5.65 Å². The maximum atomic E-state index is 9.30. The quantitative estimate of drug-likeness (QED) is 0.758. The van der Waals surface area contributed by atoms with E-state index in [-0.39, 0.29) is 6.61 Å². The fourth-order valence-electron chi connectivity index (χ4n) is 3.75. The number of aliphatic hydroxyl groups is 1. The van der Waals surface area contributed by atoms with Crippen LogP contribution in [-0.4, -0.2) is 37.5 Å². The summed E-state index contributed by atoms with van der Waals surface area (Å²) in [4.78, 5) is 11.1. The van der Waals surface area contributed by atoms with Crippen LogP contribution in [-0.2, 0) is 13.0 Å². The second-order valence-corrected chi connectivity index (χ2v) is 6.35. The number of nitrogens with zero attached hydrogens (tertiary/aromatic N) is 4. The Bertz CT molecular complexity index is 829. The molecule has 2 heterocycles. The van der Waals surface area contributed by atoms with Crippen LogP contribution in [0.1, 0.15) is 35.7 Å². The predicted molar refractivity (Wildman–Crippen MR) is 92.6 cm³/mol. The zero-order valence-electron chi connectivity index (χ0n) is 13.7. The highest BCUT2D eigenvalue weighted by atomic mass is 16.3. The summed E-state index contributed by atoms with van der Waals surface area (Å²) < 4.78 is 2.10. The van der Waals surface area contributed by atoms with Gasteiger partial charge in [0.2, 0.25) is 0 Å². The fourth-order valence-corrected chi connectivity index (χ4v) is 3.75. The van der Waals surface area contributed by atoms with Crippen molar-refractivity contribution >= 4 is 5.65 Å². The predicted octanol–water partition coefficient (Wildman–Crippen LogP) is 2.60. The molecule has 2 aromatic heterocycles. The molecule has 1 aromatic carbocycles. The van der Waals surface area contributed by atoms with Gasteiger partial charge in [0.25, 0.3) is 0 Å². The number of benzene rings is 1. The summed E-state index contributed by atoms with van der Waals surface area (Å²) in [5.74, 6) is 0. The van der Waals surface area contributed by atoms with Crippen LogP contribution in [0, 0.1) is 0 Å². The van der Waals surface area contributed by atoms with Crippen molar-refractivity contribution in [2.75, 3.05) is 13.2 Å². The monoisotopic (exact) mass is 322 g/mol. The molecule has 0 amide bonds. The molecule has 0 saturated carbocycles. The van der Waals surface area contributed by atoms with Crippen molar-refractivity contribution in [2.24, 2.45) is 0 Å². The molecular formula is C19H22N4O. The summed E-state index contributed by atoms with van der Waals surface area (Å²) in [7, 11) is 0. The minimum atomic E-state index is 0.224. The molecule has 124 valence electrons. The van der Waals surface area contributed by atoms with Crippen LogP contribution in [0.2, 0.25) is 0 Å². The molecule has 0 fully saturated rings. The van der Waals surface area contributed by atoms with E-state index in [0.717, 1.165) is 43.7 Å². The fraction of sp³-hybridized carbons (Fsp3) is 0.368. The van der Waals surface area contributed by atoms with Crippen LogP contribution < -0.4 is 0 Å². The van der Waals surface area contributed by atoms with Gasteiger partial charge in [-0.05, 0) is 30.4 Å². The van der Waals surface area contributed by atoms with Gasteiger partial charge >= 0.3 is 0 Å². The standard InChI is InChI=1S/C19H22N4O/c24-11-3-9-22(18-7-6-15-4-1-2-5-17(15)18)14-16-12-21-19-13-20-8-10-23(16)19/h1-2,4-5,8,10,12-13,18,24H,3,6-7,9,11,14H2. The van der Waals surface area contributed by atoms with Crippen molar-refractivity contribution in [3.8, 4) is 0 Å². The lowest BCUT2D eigenvalue weighted by atomic mass is 10.1. The van der Waals surface area contributed by atoms with Crippen molar-refractivity contribution in [1.82, 2.24) is 19.3 Å². The van der Waals surface area contributed by atoms with E-state index in [1.54, 1.807) is 12.4 Å². The zero-order valence-corrected chi connectivity index (χ0v) is 13.7. The van der Waals surface area contributed by atoms with Crippen molar-refractivity contribution in [1.29, 1.82) is 0 Å². The Kier molecular flexibility index (Phi) is 4.28. The van der Waals surface area contributed by atoms with Crippen LogP contribution >= 0.6 is 0 Å². The number of rotatable bonds is 6. The van der Waals surface area contributed by atoms with E-state index in [1.165, 1.54) is 11.1 Å². The average Bonchev–Trinajstić information content (AvgIpc) is 3.23. The van der Waals surface area contributed by atoms with Gasteiger partial charge in [-0.1, -0.05) is 24.3 Å². The maximum Gasteiger partial charge on any atom is 0.155 e. The van der Waals surface area contributed by atoms with Gasteiger partial charge in [0.1, 0.15) is 0 Å². The average molecular weight is 322 g/mol. The summed E-state index contributed by atoms with van der Waals surface area (Å²) in [6.45, 7) is 1.93. The smallest absolute Gasteiger partial charge is 0.155 e. The largest absolute Gasteiger partial charge is 0.396 e. The molecule has 1 unspecified atom stereocenters. The SMILES string of the molecule is OCCCN(Cc1cnc2cnccn12)C1CCc2ccccc21. The summed E-state index contributed by atoms with van der Waals surface area (Å²) in [6.07, 6.45) is 10.5. The lowest BCUT2D eigenvalue weighted by Crippen LogP contribution is -2.29. The highest BCUT2D eigenvalue weighted by Gasteiger charge is 2.27. The first-order valence-electron chi connectivity index (χ1n) is 8.55.